The van der Waals surface area contributed by atoms with E-state index in [2.05, 4.69) is 15.5 Å². The van der Waals surface area contributed by atoms with Crippen molar-refractivity contribution in [1.82, 2.24) is 15.5 Å². The van der Waals surface area contributed by atoms with E-state index in [4.69, 9.17) is 9.15 Å². The number of nitrogens with zero attached hydrogens (tertiary/aromatic N) is 2. The molecule has 2 atom stereocenters. The number of rotatable bonds is 8. The van der Waals surface area contributed by atoms with Crippen LogP contribution in [-0.2, 0) is 25.8 Å². The summed E-state index contributed by atoms with van der Waals surface area (Å²) in [5.74, 6) is 0.728. The number of methoxy groups -OCH3 is 1. The minimum atomic E-state index is -2.91. The van der Waals surface area contributed by atoms with E-state index >= 15 is 0 Å². The zero-order valence-corrected chi connectivity index (χ0v) is 14.8. The first-order chi connectivity index (χ1) is 10.9. The molecule has 0 unspecified atom stereocenters. The van der Waals surface area contributed by atoms with Crippen molar-refractivity contribution in [2.24, 2.45) is 5.92 Å². The molecule has 1 saturated heterocycles. The minimum absolute atomic E-state index is 0.0352. The summed E-state index contributed by atoms with van der Waals surface area (Å²) in [6.07, 6.45) is 1.09. The molecule has 10 heteroatoms. The van der Waals surface area contributed by atoms with Gasteiger partial charge in [0.05, 0.1) is 23.4 Å². The highest BCUT2D eigenvalue weighted by Gasteiger charge is 2.29. The maximum absolute atomic E-state index is 11.8. The number of hydrogen-bond donors (Lipinski definition) is 1. The molecule has 2 heterocycles. The smallest absolute Gasteiger partial charge is 0.277 e. The first-order valence-electron chi connectivity index (χ1n) is 7.35. The lowest BCUT2D eigenvalue weighted by atomic mass is 10.1. The Morgan fingerprint density at radius 1 is 1.52 bits per heavy atom. The molecular weight excluding hydrogens is 342 g/mol. The van der Waals surface area contributed by atoms with Crippen molar-refractivity contribution in [3.05, 3.63) is 5.89 Å². The van der Waals surface area contributed by atoms with Gasteiger partial charge in [0, 0.05) is 20.1 Å². The maximum Gasteiger partial charge on any atom is 0.277 e. The van der Waals surface area contributed by atoms with E-state index in [-0.39, 0.29) is 28.6 Å². The molecule has 0 saturated carbocycles. The highest BCUT2D eigenvalue weighted by Crippen LogP contribution is 2.25. The van der Waals surface area contributed by atoms with Crippen LogP contribution in [-0.4, -0.2) is 61.5 Å². The predicted octanol–water partition coefficient (Wildman–Crippen LogP) is 0.290. The summed E-state index contributed by atoms with van der Waals surface area (Å²) in [7, 11) is -1.34. The number of carbonyl (C=O) groups excluding carboxylic acids is 1. The van der Waals surface area contributed by atoms with Gasteiger partial charge < -0.3 is 14.5 Å². The zero-order chi connectivity index (χ0) is 16.9. The standard InChI is InChI=1S/C13H21N3O5S2/c1-9(12(17)14-4-5-20-2)22-13-16-15-11(21-13)7-10-3-6-23(18,19)8-10/h9-10H,3-8H2,1-2H3,(H,14,17)/t9-,10+/m1/s1. The lowest BCUT2D eigenvalue weighted by Crippen LogP contribution is -2.33. The Labute approximate surface area is 139 Å². The first kappa shape index (κ1) is 18.2. The number of carbonyl (C=O) groups is 1. The highest BCUT2D eigenvalue weighted by molar-refractivity contribution is 8.00. The molecule has 1 amide bonds. The van der Waals surface area contributed by atoms with Gasteiger partial charge in [-0.2, -0.15) is 0 Å². The van der Waals surface area contributed by atoms with Crippen LogP contribution in [0.1, 0.15) is 19.2 Å². The van der Waals surface area contributed by atoms with Crippen molar-refractivity contribution in [2.75, 3.05) is 31.8 Å². The lowest BCUT2D eigenvalue weighted by Gasteiger charge is -2.09. The van der Waals surface area contributed by atoms with Gasteiger partial charge in [0.25, 0.3) is 5.22 Å². The van der Waals surface area contributed by atoms with Gasteiger partial charge in [-0.1, -0.05) is 11.8 Å². The van der Waals surface area contributed by atoms with Crippen molar-refractivity contribution in [3.63, 3.8) is 0 Å². The van der Waals surface area contributed by atoms with E-state index in [1.165, 1.54) is 11.8 Å². The van der Waals surface area contributed by atoms with Gasteiger partial charge in [-0.25, -0.2) is 8.42 Å². The molecular formula is C13H21N3O5S2. The second-order valence-corrected chi connectivity index (χ2v) is 9.00. The number of hydrogen-bond acceptors (Lipinski definition) is 8. The van der Waals surface area contributed by atoms with Crippen LogP contribution in [0.2, 0.25) is 0 Å². The van der Waals surface area contributed by atoms with Crippen molar-refractivity contribution < 1.29 is 22.4 Å². The summed E-state index contributed by atoms with van der Waals surface area (Å²) in [6, 6.07) is 0. The molecule has 130 valence electrons. The maximum atomic E-state index is 11.8. The first-order valence-corrected chi connectivity index (χ1v) is 10.1. The molecule has 1 aliphatic heterocycles. The van der Waals surface area contributed by atoms with Gasteiger partial charge >= 0.3 is 0 Å². The van der Waals surface area contributed by atoms with Gasteiger partial charge in [0.1, 0.15) is 0 Å². The van der Waals surface area contributed by atoms with Crippen molar-refractivity contribution in [3.8, 4) is 0 Å². The Hall–Kier alpha value is -1.13. The quantitative estimate of drug-likeness (QED) is 0.518. The van der Waals surface area contributed by atoms with Crippen LogP contribution in [0.25, 0.3) is 0 Å². The molecule has 0 radical (unpaired) electrons. The Balaban J connectivity index is 1.81. The third-order valence-electron chi connectivity index (χ3n) is 3.49. The van der Waals surface area contributed by atoms with E-state index in [0.29, 0.717) is 37.1 Å². The number of aromatic nitrogens is 2. The molecule has 1 N–H and O–H groups in total. The largest absolute Gasteiger partial charge is 0.416 e. The zero-order valence-electron chi connectivity index (χ0n) is 13.1. The number of sulfone groups is 1. The number of thioether (sulfide) groups is 1. The summed E-state index contributed by atoms with van der Waals surface area (Å²) in [4.78, 5) is 11.8. The fourth-order valence-corrected chi connectivity index (χ4v) is 4.86. The molecule has 0 bridgehead atoms. The van der Waals surface area contributed by atoms with Crippen LogP contribution in [0.15, 0.2) is 9.64 Å². The lowest BCUT2D eigenvalue weighted by molar-refractivity contribution is -0.120. The second-order valence-electron chi connectivity index (χ2n) is 5.48. The van der Waals surface area contributed by atoms with E-state index in [9.17, 15) is 13.2 Å². The molecule has 1 aromatic heterocycles. The minimum Gasteiger partial charge on any atom is -0.416 e. The Morgan fingerprint density at radius 3 is 2.96 bits per heavy atom. The molecule has 23 heavy (non-hydrogen) atoms. The molecule has 2 rings (SSSR count). The Kier molecular flexibility index (Phi) is 6.42. The van der Waals surface area contributed by atoms with Crippen molar-refractivity contribution in [1.29, 1.82) is 0 Å². The van der Waals surface area contributed by atoms with E-state index in [1.54, 1.807) is 14.0 Å². The van der Waals surface area contributed by atoms with Gasteiger partial charge in [-0.05, 0) is 19.3 Å². The second kappa shape index (κ2) is 8.11. The summed E-state index contributed by atoms with van der Waals surface area (Å²) < 4.78 is 33.2. The SMILES string of the molecule is COCCNC(=O)[C@@H](C)Sc1nnc(C[C@@H]2CCS(=O)(=O)C2)o1. The van der Waals surface area contributed by atoms with Crippen molar-refractivity contribution in [2.45, 2.75) is 30.2 Å². The molecule has 8 nitrogen and oxygen atoms in total. The van der Waals surface area contributed by atoms with Gasteiger partial charge in [-0.15, -0.1) is 10.2 Å². The molecule has 0 aromatic carbocycles. The third kappa shape index (κ3) is 5.78. The highest BCUT2D eigenvalue weighted by atomic mass is 32.2. The summed E-state index contributed by atoms with van der Waals surface area (Å²) in [6.45, 7) is 2.66. The summed E-state index contributed by atoms with van der Waals surface area (Å²) in [5, 5.41) is 10.5. The average Bonchev–Trinajstić information content (AvgIpc) is 3.05. The molecule has 1 aromatic rings. The number of amides is 1. The van der Waals surface area contributed by atoms with Crippen molar-refractivity contribution >= 4 is 27.5 Å². The Bertz CT molecular complexity index is 631. The third-order valence-corrected chi connectivity index (χ3v) is 6.26. The molecule has 1 fully saturated rings. The Morgan fingerprint density at radius 2 is 2.30 bits per heavy atom. The predicted molar refractivity (Wildman–Crippen MR) is 85.0 cm³/mol. The van der Waals surface area contributed by atoms with E-state index < -0.39 is 9.84 Å². The van der Waals surface area contributed by atoms with Gasteiger partial charge in [-0.3, -0.25) is 4.79 Å². The van der Waals surface area contributed by atoms with Crippen LogP contribution in [0.5, 0.6) is 0 Å². The van der Waals surface area contributed by atoms with E-state index in [1.807, 2.05) is 0 Å². The number of ether oxygens (including phenoxy) is 1. The monoisotopic (exact) mass is 363 g/mol. The number of nitrogens with one attached hydrogen (secondary N) is 1. The fraction of sp³-hybridized carbons (Fsp3) is 0.769. The van der Waals surface area contributed by atoms with E-state index in [0.717, 1.165) is 0 Å². The van der Waals surface area contributed by atoms with Crippen LogP contribution in [0.3, 0.4) is 0 Å². The van der Waals surface area contributed by atoms with Crippen LogP contribution >= 0.6 is 11.8 Å². The van der Waals surface area contributed by atoms with Crippen LogP contribution in [0, 0.1) is 5.92 Å². The van der Waals surface area contributed by atoms with Gasteiger partial charge in [0.15, 0.2) is 9.84 Å². The molecule has 0 aliphatic carbocycles. The van der Waals surface area contributed by atoms with Crippen LogP contribution in [0.4, 0.5) is 0 Å². The fourth-order valence-electron chi connectivity index (χ4n) is 2.27. The summed E-state index contributed by atoms with van der Waals surface area (Å²) in [5.41, 5.74) is 0. The summed E-state index contributed by atoms with van der Waals surface area (Å²) >= 11 is 1.18. The average molecular weight is 363 g/mol. The molecule has 1 aliphatic rings. The van der Waals surface area contributed by atoms with Crippen LogP contribution < -0.4 is 5.32 Å². The topological polar surface area (TPSA) is 111 Å². The molecule has 0 spiro atoms. The normalized spacial score (nSPS) is 21.2. The van der Waals surface area contributed by atoms with Gasteiger partial charge in [0.2, 0.25) is 11.8 Å².